The number of hydrogen-bond acceptors (Lipinski definition) is 6. The Labute approximate surface area is 169 Å². The van der Waals surface area contributed by atoms with Crippen molar-refractivity contribution in [3.63, 3.8) is 0 Å². The fraction of sp³-hybridized carbons (Fsp3) is 0.227. The van der Waals surface area contributed by atoms with Gasteiger partial charge in [-0.15, -0.1) is 10.2 Å². The molecule has 0 saturated carbocycles. The molecule has 148 valence electrons. The van der Waals surface area contributed by atoms with Crippen LogP contribution in [0.4, 0.5) is 17.2 Å². The molecular formula is C22H23N5O2. The van der Waals surface area contributed by atoms with Gasteiger partial charge in [0.1, 0.15) is 5.75 Å². The Hall–Kier alpha value is -3.61. The van der Waals surface area contributed by atoms with Gasteiger partial charge in [0.15, 0.2) is 11.5 Å². The Kier molecular flexibility index (Phi) is 5.56. The van der Waals surface area contributed by atoms with E-state index >= 15 is 0 Å². The molecule has 1 fully saturated rings. The quantitative estimate of drug-likeness (QED) is 0.723. The van der Waals surface area contributed by atoms with E-state index in [2.05, 4.69) is 37.4 Å². The SMILES string of the molecule is COc1cccc(N2CCN(c3ccc(C(=O)Nc4ccccc4)nn3)CC2)c1. The third-order valence-electron chi connectivity index (χ3n) is 4.94. The van der Waals surface area contributed by atoms with Gasteiger partial charge in [0.25, 0.3) is 5.91 Å². The summed E-state index contributed by atoms with van der Waals surface area (Å²) in [7, 11) is 1.68. The molecule has 1 amide bonds. The van der Waals surface area contributed by atoms with Crippen LogP contribution in [0.1, 0.15) is 10.5 Å². The third kappa shape index (κ3) is 4.45. The Bertz CT molecular complexity index is 954. The second-order valence-corrected chi connectivity index (χ2v) is 6.77. The van der Waals surface area contributed by atoms with Crippen molar-refractivity contribution in [3.05, 3.63) is 72.4 Å². The fourth-order valence-corrected chi connectivity index (χ4v) is 3.33. The number of methoxy groups -OCH3 is 1. The third-order valence-corrected chi connectivity index (χ3v) is 4.94. The van der Waals surface area contributed by atoms with E-state index in [1.165, 1.54) is 0 Å². The lowest BCUT2D eigenvalue weighted by Crippen LogP contribution is -2.46. The van der Waals surface area contributed by atoms with Crippen LogP contribution in [-0.2, 0) is 0 Å². The van der Waals surface area contributed by atoms with E-state index in [0.717, 1.165) is 49.1 Å². The summed E-state index contributed by atoms with van der Waals surface area (Å²) in [4.78, 5) is 16.8. The minimum Gasteiger partial charge on any atom is -0.497 e. The van der Waals surface area contributed by atoms with Gasteiger partial charge in [-0.25, -0.2) is 0 Å². The lowest BCUT2D eigenvalue weighted by Gasteiger charge is -2.36. The van der Waals surface area contributed by atoms with Gasteiger partial charge in [-0.2, -0.15) is 0 Å². The molecule has 1 N–H and O–H groups in total. The molecule has 0 atom stereocenters. The zero-order valence-corrected chi connectivity index (χ0v) is 16.3. The van der Waals surface area contributed by atoms with Crippen molar-refractivity contribution in [2.45, 2.75) is 0 Å². The smallest absolute Gasteiger partial charge is 0.276 e. The average Bonchev–Trinajstić information content (AvgIpc) is 2.80. The summed E-state index contributed by atoms with van der Waals surface area (Å²) in [6.07, 6.45) is 0. The normalized spacial score (nSPS) is 13.8. The van der Waals surface area contributed by atoms with Gasteiger partial charge in [0, 0.05) is 43.6 Å². The predicted octanol–water partition coefficient (Wildman–Crippen LogP) is 3.06. The van der Waals surface area contributed by atoms with Crippen molar-refractivity contribution in [2.24, 2.45) is 0 Å². The molecule has 0 radical (unpaired) electrons. The Morgan fingerprint density at radius 1 is 0.897 bits per heavy atom. The highest BCUT2D eigenvalue weighted by molar-refractivity contribution is 6.02. The number of piperazine rings is 1. The van der Waals surface area contributed by atoms with E-state index in [-0.39, 0.29) is 5.91 Å². The molecule has 4 rings (SSSR count). The first kappa shape index (κ1) is 18.7. The van der Waals surface area contributed by atoms with E-state index < -0.39 is 0 Å². The highest BCUT2D eigenvalue weighted by Gasteiger charge is 2.19. The van der Waals surface area contributed by atoms with Crippen molar-refractivity contribution >= 4 is 23.1 Å². The van der Waals surface area contributed by atoms with Crippen LogP contribution in [0.15, 0.2) is 66.7 Å². The summed E-state index contributed by atoms with van der Waals surface area (Å²) >= 11 is 0. The second-order valence-electron chi connectivity index (χ2n) is 6.77. The van der Waals surface area contributed by atoms with E-state index in [1.54, 1.807) is 13.2 Å². The molecule has 0 aliphatic carbocycles. The molecule has 1 aliphatic rings. The highest BCUT2D eigenvalue weighted by Crippen LogP contribution is 2.23. The van der Waals surface area contributed by atoms with Crippen LogP contribution in [0.3, 0.4) is 0 Å². The van der Waals surface area contributed by atoms with Crippen LogP contribution in [-0.4, -0.2) is 49.4 Å². The summed E-state index contributed by atoms with van der Waals surface area (Å²) in [6.45, 7) is 3.43. The van der Waals surface area contributed by atoms with Gasteiger partial charge in [-0.05, 0) is 36.4 Å². The van der Waals surface area contributed by atoms with Crippen LogP contribution in [0, 0.1) is 0 Å². The molecular weight excluding hydrogens is 366 g/mol. The number of amides is 1. The molecule has 1 saturated heterocycles. The predicted molar refractivity (Wildman–Crippen MR) is 114 cm³/mol. The van der Waals surface area contributed by atoms with Gasteiger partial charge < -0.3 is 19.9 Å². The van der Waals surface area contributed by atoms with Crippen LogP contribution in [0.5, 0.6) is 5.75 Å². The fourth-order valence-electron chi connectivity index (χ4n) is 3.33. The molecule has 7 nitrogen and oxygen atoms in total. The van der Waals surface area contributed by atoms with E-state index in [4.69, 9.17) is 4.74 Å². The number of carbonyl (C=O) groups is 1. The minimum absolute atomic E-state index is 0.266. The van der Waals surface area contributed by atoms with Crippen LogP contribution in [0.2, 0.25) is 0 Å². The topological polar surface area (TPSA) is 70.6 Å². The maximum absolute atomic E-state index is 12.3. The van der Waals surface area contributed by atoms with Crippen molar-refractivity contribution < 1.29 is 9.53 Å². The summed E-state index contributed by atoms with van der Waals surface area (Å²) in [5.41, 5.74) is 2.19. The first-order valence-corrected chi connectivity index (χ1v) is 9.57. The number of benzene rings is 2. The highest BCUT2D eigenvalue weighted by atomic mass is 16.5. The Morgan fingerprint density at radius 3 is 2.34 bits per heavy atom. The number of nitrogens with one attached hydrogen (secondary N) is 1. The van der Waals surface area contributed by atoms with Crippen molar-refractivity contribution in [3.8, 4) is 5.75 Å². The van der Waals surface area contributed by atoms with Gasteiger partial charge >= 0.3 is 0 Å². The molecule has 1 aromatic heterocycles. The number of nitrogens with zero attached hydrogens (tertiary/aromatic N) is 4. The van der Waals surface area contributed by atoms with Gasteiger partial charge in [0.2, 0.25) is 0 Å². The van der Waals surface area contributed by atoms with E-state index in [1.807, 2.05) is 48.5 Å². The molecule has 0 unspecified atom stereocenters. The van der Waals surface area contributed by atoms with E-state index in [9.17, 15) is 4.79 Å². The van der Waals surface area contributed by atoms with E-state index in [0.29, 0.717) is 5.69 Å². The molecule has 2 aromatic carbocycles. The molecule has 2 heterocycles. The zero-order chi connectivity index (χ0) is 20.1. The Balaban J connectivity index is 1.36. The lowest BCUT2D eigenvalue weighted by atomic mass is 10.2. The molecule has 3 aromatic rings. The lowest BCUT2D eigenvalue weighted by molar-refractivity contribution is 0.102. The number of aromatic nitrogens is 2. The number of anilines is 3. The average molecular weight is 389 g/mol. The first-order valence-electron chi connectivity index (χ1n) is 9.57. The summed E-state index contributed by atoms with van der Waals surface area (Å²) in [5.74, 6) is 1.38. The summed E-state index contributed by atoms with van der Waals surface area (Å²) in [6, 6.07) is 21.0. The molecule has 29 heavy (non-hydrogen) atoms. The number of carbonyl (C=O) groups excluding carboxylic acids is 1. The molecule has 0 spiro atoms. The Morgan fingerprint density at radius 2 is 1.66 bits per heavy atom. The van der Waals surface area contributed by atoms with Crippen LogP contribution < -0.4 is 19.9 Å². The summed E-state index contributed by atoms with van der Waals surface area (Å²) in [5, 5.41) is 11.2. The first-order chi connectivity index (χ1) is 14.2. The maximum atomic E-state index is 12.3. The number of ether oxygens (including phenoxy) is 1. The van der Waals surface area contributed by atoms with Gasteiger partial charge in [-0.3, -0.25) is 4.79 Å². The number of para-hydroxylation sites is 1. The molecule has 0 bridgehead atoms. The molecule has 1 aliphatic heterocycles. The van der Waals surface area contributed by atoms with Gasteiger partial charge in [-0.1, -0.05) is 24.3 Å². The number of hydrogen-bond donors (Lipinski definition) is 1. The standard InChI is InChI=1S/C22H23N5O2/c1-29-19-9-5-8-18(16-19)26-12-14-27(15-13-26)21-11-10-20(24-25-21)22(28)23-17-6-3-2-4-7-17/h2-11,16H,12-15H2,1H3,(H,23,28). The molecule has 7 heteroatoms. The second kappa shape index (κ2) is 8.60. The van der Waals surface area contributed by atoms with Crippen molar-refractivity contribution in [1.29, 1.82) is 0 Å². The van der Waals surface area contributed by atoms with Crippen LogP contribution in [0.25, 0.3) is 0 Å². The van der Waals surface area contributed by atoms with Crippen molar-refractivity contribution in [1.82, 2.24) is 10.2 Å². The minimum atomic E-state index is -0.266. The zero-order valence-electron chi connectivity index (χ0n) is 16.3. The van der Waals surface area contributed by atoms with Gasteiger partial charge in [0.05, 0.1) is 7.11 Å². The summed E-state index contributed by atoms with van der Waals surface area (Å²) < 4.78 is 5.32. The van der Waals surface area contributed by atoms with Crippen molar-refractivity contribution in [2.75, 3.05) is 48.4 Å². The van der Waals surface area contributed by atoms with Crippen LogP contribution >= 0.6 is 0 Å². The monoisotopic (exact) mass is 389 g/mol. The largest absolute Gasteiger partial charge is 0.497 e. The number of rotatable bonds is 5. The maximum Gasteiger partial charge on any atom is 0.276 e.